The third-order valence-electron chi connectivity index (χ3n) is 9.17. The summed E-state index contributed by atoms with van der Waals surface area (Å²) in [6, 6.07) is 12.5. The number of hydrogen-bond donors (Lipinski definition) is 0. The number of nitriles is 1. The third kappa shape index (κ3) is 9.64. The first-order chi connectivity index (χ1) is 19.6. The number of unbranched alkanes of at least 4 members (excludes halogenated alkanes) is 11. The van der Waals surface area contributed by atoms with E-state index in [-0.39, 0.29) is 11.6 Å². The average molecular weight is 548 g/mol. The van der Waals surface area contributed by atoms with Gasteiger partial charge < -0.3 is 4.74 Å². The van der Waals surface area contributed by atoms with Crippen molar-refractivity contribution < 1.29 is 9.13 Å². The smallest absolute Gasteiger partial charge is 0.168 e. The summed E-state index contributed by atoms with van der Waals surface area (Å²) in [7, 11) is 1.53. The molecule has 0 atom stereocenters. The molecule has 2 nitrogen and oxygen atoms in total. The zero-order chi connectivity index (χ0) is 28.6. The molecule has 220 valence electrons. The Hall–Kier alpha value is -2.34. The number of methoxy groups -OCH3 is 1. The van der Waals surface area contributed by atoms with Gasteiger partial charge in [0.05, 0.1) is 18.7 Å². The van der Waals surface area contributed by atoms with Crippen LogP contribution in [0.3, 0.4) is 0 Å². The van der Waals surface area contributed by atoms with Crippen molar-refractivity contribution >= 4 is 0 Å². The van der Waals surface area contributed by atoms with Crippen LogP contribution in [0.4, 0.5) is 4.39 Å². The fourth-order valence-corrected chi connectivity index (χ4v) is 6.62. The van der Waals surface area contributed by atoms with Crippen molar-refractivity contribution in [1.29, 1.82) is 5.26 Å². The predicted molar refractivity (Wildman–Crippen MR) is 167 cm³/mol. The number of nitrogens with zero attached hydrogens (tertiary/aromatic N) is 1. The lowest BCUT2D eigenvalue weighted by atomic mass is 9.76. The molecule has 2 aromatic rings. The van der Waals surface area contributed by atoms with Gasteiger partial charge in [0.2, 0.25) is 0 Å². The van der Waals surface area contributed by atoms with E-state index < -0.39 is 0 Å². The molecule has 0 N–H and O–H groups in total. The minimum absolute atomic E-state index is 0.261. The van der Waals surface area contributed by atoms with Crippen LogP contribution in [0.5, 0.6) is 5.75 Å². The number of hydrogen-bond acceptors (Lipinski definition) is 2. The first-order valence-corrected chi connectivity index (χ1v) is 16.5. The Morgan fingerprint density at radius 2 is 1.38 bits per heavy atom. The summed E-state index contributed by atoms with van der Waals surface area (Å²) in [5, 5.41) is 10.0. The molecule has 1 saturated carbocycles. The highest BCUT2D eigenvalue weighted by Gasteiger charge is 2.24. The fourth-order valence-electron chi connectivity index (χ4n) is 6.62. The van der Waals surface area contributed by atoms with E-state index >= 15 is 4.39 Å². The Kier molecular flexibility index (Phi) is 14.6. The summed E-state index contributed by atoms with van der Waals surface area (Å²) in [4.78, 5) is 0. The Morgan fingerprint density at radius 3 is 2.00 bits per heavy atom. The molecular weight excluding hydrogens is 493 g/mol. The molecular formula is C37H54FNO. The van der Waals surface area contributed by atoms with E-state index in [1.165, 1.54) is 115 Å². The second kappa shape index (κ2) is 18.2. The van der Waals surface area contributed by atoms with E-state index in [0.717, 1.165) is 30.7 Å². The topological polar surface area (TPSA) is 33.0 Å². The van der Waals surface area contributed by atoms with E-state index in [2.05, 4.69) is 32.0 Å². The lowest BCUT2D eigenvalue weighted by molar-refractivity contribution is 0.301. The van der Waals surface area contributed by atoms with Gasteiger partial charge in [-0.25, -0.2) is 4.39 Å². The van der Waals surface area contributed by atoms with Crippen LogP contribution in [0.15, 0.2) is 30.3 Å². The van der Waals surface area contributed by atoms with Gasteiger partial charge in [0.15, 0.2) is 11.6 Å². The highest BCUT2D eigenvalue weighted by atomic mass is 19.1. The number of halogens is 1. The highest BCUT2D eigenvalue weighted by molar-refractivity contribution is 5.77. The quantitative estimate of drug-likeness (QED) is 0.174. The molecule has 0 amide bonds. The van der Waals surface area contributed by atoms with E-state index in [1.807, 2.05) is 18.2 Å². The van der Waals surface area contributed by atoms with Crippen molar-refractivity contribution in [1.82, 2.24) is 0 Å². The fraction of sp³-hybridized carbons (Fsp3) is 0.649. The summed E-state index contributed by atoms with van der Waals surface area (Å²) < 4.78 is 21.0. The van der Waals surface area contributed by atoms with Gasteiger partial charge in [0.25, 0.3) is 0 Å². The maximum Gasteiger partial charge on any atom is 0.168 e. The molecule has 3 heteroatoms. The molecule has 0 unspecified atom stereocenters. The molecule has 1 fully saturated rings. The van der Waals surface area contributed by atoms with Gasteiger partial charge >= 0.3 is 0 Å². The lowest BCUT2D eigenvalue weighted by Crippen LogP contribution is -2.13. The summed E-state index contributed by atoms with van der Waals surface area (Å²) in [5.74, 6) is 1.36. The summed E-state index contributed by atoms with van der Waals surface area (Å²) in [6.07, 6.45) is 24.0. The first kappa shape index (κ1) is 32.2. The normalized spacial score (nSPS) is 17.1. The Labute approximate surface area is 244 Å². The first-order valence-electron chi connectivity index (χ1n) is 16.5. The van der Waals surface area contributed by atoms with Crippen LogP contribution in [0.1, 0.15) is 152 Å². The van der Waals surface area contributed by atoms with Gasteiger partial charge in [-0.05, 0) is 67.6 Å². The molecule has 0 spiro atoms. The minimum Gasteiger partial charge on any atom is -0.493 e. The standard InChI is InChI=1S/C37H54FNO/c1-4-6-8-10-11-12-14-15-17-29-19-21-30(22-20-29)32-24-25-34(33(27-32)28-39)35-26-23-31(36(38)37(35)40-3)18-16-13-9-7-5-2/h23-27,29-30H,4-22H2,1-3H3. The summed E-state index contributed by atoms with van der Waals surface area (Å²) in [6.45, 7) is 4.48. The zero-order valence-electron chi connectivity index (χ0n) is 25.7. The Balaban J connectivity index is 1.56. The van der Waals surface area contributed by atoms with Gasteiger partial charge in [-0.1, -0.05) is 122 Å². The SMILES string of the molecule is CCCCCCCCCCC1CCC(c2ccc(-c3ccc(CCCCCCC)c(F)c3OC)c(C#N)c2)CC1. The van der Waals surface area contributed by atoms with Crippen molar-refractivity contribution in [2.24, 2.45) is 5.92 Å². The van der Waals surface area contributed by atoms with Crippen LogP contribution >= 0.6 is 0 Å². The van der Waals surface area contributed by atoms with E-state index in [0.29, 0.717) is 22.6 Å². The number of aryl methyl sites for hydroxylation is 1. The van der Waals surface area contributed by atoms with Gasteiger partial charge in [0.1, 0.15) is 0 Å². The Morgan fingerprint density at radius 1 is 0.775 bits per heavy atom. The molecule has 1 aliphatic carbocycles. The highest BCUT2D eigenvalue weighted by Crippen LogP contribution is 2.41. The second-order valence-corrected chi connectivity index (χ2v) is 12.2. The van der Waals surface area contributed by atoms with Crippen LogP contribution in [-0.4, -0.2) is 7.11 Å². The molecule has 0 aliphatic heterocycles. The monoisotopic (exact) mass is 547 g/mol. The van der Waals surface area contributed by atoms with Crippen LogP contribution in [0.25, 0.3) is 11.1 Å². The minimum atomic E-state index is -0.279. The molecule has 0 bridgehead atoms. The summed E-state index contributed by atoms with van der Waals surface area (Å²) in [5.41, 5.74) is 4.01. The molecule has 3 rings (SSSR count). The van der Waals surface area contributed by atoms with Crippen molar-refractivity contribution in [3.8, 4) is 22.9 Å². The van der Waals surface area contributed by atoms with Crippen molar-refractivity contribution in [2.45, 2.75) is 142 Å². The van der Waals surface area contributed by atoms with E-state index in [1.54, 1.807) is 0 Å². The zero-order valence-corrected chi connectivity index (χ0v) is 25.7. The van der Waals surface area contributed by atoms with Crippen molar-refractivity contribution in [3.63, 3.8) is 0 Å². The van der Waals surface area contributed by atoms with Crippen LogP contribution < -0.4 is 4.74 Å². The lowest BCUT2D eigenvalue weighted by Gasteiger charge is -2.29. The molecule has 0 radical (unpaired) electrons. The van der Waals surface area contributed by atoms with Gasteiger partial charge in [-0.3, -0.25) is 0 Å². The van der Waals surface area contributed by atoms with Gasteiger partial charge in [0, 0.05) is 11.1 Å². The van der Waals surface area contributed by atoms with Crippen LogP contribution in [0.2, 0.25) is 0 Å². The van der Waals surface area contributed by atoms with Crippen molar-refractivity contribution in [3.05, 3.63) is 52.8 Å². The number of benzene rings is 2. The number of rotatable bonds is 18. The molecule has 0 saturated heterocycles. The Bertz CT molecular complexity index is 1050. The van der Waals surface area contributed by atoms with Gasteiger partial charge in [-0.2, -0.15) is 5.26 Å². The van der Waals surface area contributed by atoms with E-state index in [9.17, 15) is 5.26 Å². The molecule has 0 aromatic heterocycles. The van der Waals surface area contributed by atoms with Crippen LogP contribution in [0, 0.1) is 23.1 Å². The maximum absolute atomic E-state index is 15.4. The molecule has 0 heterocycles. The maximum atomic E-state index is 15.4. The van der Waals surface area contributed by atoms with E-state index in [4.69, 9.17) is 4.74 Å². The number of ether oxygens (including phenoxy) is 1. The van der Waals surface area contributed by atoms with Gasteiger partial charge in [-0.15, -0.1) is 0 Å². The molecule has 2 aromatic carbocycles. The largest absolute Gasteiger partial charge is 0.493 e. The molecule has 1 aliphatic rings. The molecule has 40 heavy (non-hydrogen) atoms. The van der Waals surface area contributed by atoms with Crippen molar-refractivity contribution in [2.75, 3.05) is 7.11 Å². The predicted octanol–water partition coefficient (Wildman–Crippen LogP) is 11.7. The second-order valence-electron chi connectivity index (χ2n) is 12.2. The van der Waals surface area contributed by atoms with Crippen LogP contribution in [-0.2, 0) is 6.42 Å². The summed E-state index contributed by atoms with van der Waals surface area (Å²) >= 11 is 0. The third-order valence-corrected chi connectivity index (χ3v) is 9.17. The average Bonchev–Trinajstić information content (AvgIpc) is 2.99.